The maximum atomic E-state index is 13.0. The minimum absolute atomic E-state index is 0.0879. The van der Waals surface area contributed by atoms with Crippen LogP contribution in [0.5, 0.6) is 0 Å². The van der Waals surface area contributed by atoms with Gasteiger partial charge in [0, 0.05) is 39.1 Å². The molecule has 1 aromatic heterocycles. The van der Waals surface area contributed by atoms with E-state index in [9.17, 15) is 13.2 Å². The maximum absolute atomic E-state index is 13.0. The Bertz CT molecular complexity index is 863. The molecular weight excluding hydrogens is 350 g/mol. The van der Waals surface area contributed by atoms with Gasteiger partial charge in [0.05, 0.1) is 10.5 Å². The van der Waals surface area contributed by atoms with Gasteiger partial charge in [0.1, 0.15) is 0 Å². The molecule has 0 saturated carbocycles. The predicted octanol–water partition coefficient (Wildman–Crippen LogP) is 2.53. The monoisotopic (exact) mass is 373 g/mol. The Kier molecular flexibility index (Phi) is 5.68. The van der Waals surface area contributed by atoms with Crippen molar-refractivity contribution in [1.29, 1.82) is 0 Å². The molecule has 1 aliphatic heterocycles. The lowest BCUT2D eigenvalue weighted by molar-refractivity contribution is 0.0781. The molecule has 1 amide bonds. The van der Waals surface area contributed by atoms with E-state index in [1.54, 1.807) is 37.6 Å². The molecule has 0 unspecified atom stereocenters. The zero-order valence-corrected chi connectivity index (χ0v) is 15.7. The Morgan fingerprint density at radius 3 is 2.54 bits per heavy atom. The minimum Gasteiger partial charge on any atom is -0.337 e. The average Bonchev–Trinajstić information content (AvgIpc) is 2.69. The Labute approximate surface area is 154 Å². The van der Waals surface area contributed by atoms with Crippen LogP contribution in [0, 0.1) is 0 Å². The van der Waals surface area contributed by atoms with Crippen LogP contribution in [-0.4, -0.2) is 48.7 Å². The van der Waals surface area contributed by atoms with E-state index in [0.717, 1.165) is 24.8 Å². The van der Waals surface area contributed by atoms with Crippen molar-refractivity contribution in [1.82, 2.24) is 14.2 Å². The summed E-state index contributed by atoms with van der Waals surface area (Å²) in [5.74, 6) is -0.315. The van der Waals surface area contributed by atoms with Crippen molar-refractivity contribution in [3.63, 3.8) is 0 Å². The van der Waals surface area contributed by atoms with Gasteiger partial charge in [-0.1, -0.05) is 24.6 Å². The van der Waals surface area contributed by atoms with Gasteiger partial charge >= 0.3 is 0 Å². The highest BCUT2D eigenvalue weighted by Gasteiger charge is 2.30. The van der Waals surface area contributed by atoms with E-state index >= 15 is 0 Å². The first-order chi connectivity index (χ1) is 12.5. The summed E-state index contributed by atoms with van der Waals surface area (Å²) < 4.78 is 27.6. The Balaban J connectivity index is 1.87. The predicted molar refractivity (Wildman–Crippen MR) is 99.1 cm³/mol. The van der Waals surface area contributed by atoms with E-state index in [-0.39, 0.29) is 16.4 Å². The van der Waals surface area contributed by atoms with Gasteiger partial charge in [-0.15, -0.1) is 0 Å². The molecule has 138 valence electrons. The van der Waals surface area contributed by atoms with Gasteiger partial charge in [-0.2, -0.15) is 4.31 Å². The summed E-state index contributed by atoms with van der Waals surface area (Å²) in [7, 11) is -2.00. The first-order valence-corrected chi connectivity index (χ1v) is 10.2. The zero-order valence-electron chi connectivity index (χ0n) is 14.8. The fraction of sp³-hybridized carbons (Fsp3) is 0.368. The second-order valence-electron chi connectivity index (χ2n) is 6.48. The van der Waals surface area contributed by atoms with Gasteiger partial charge in [-0.3, -0.25) is 9.78 Å². The van der Waals surface area contributed by atoms with Gasteiger partial charge in [-0.25, -0.2) is 8.42 Å². The van der Waals surface area contributed by atoms with Crippen molar-refractivity contribution in [2.24, 2.45) is 0 Å². The molecule has 0 bridgehead atoms. The van der Waals surface area contributed by atoms with Gasteiger partial charge in [-0.05, 0) is 36.6 Å². The molecule has 1 fully saturated rings. The molecule has 0 spiro atoms. The topological polar surface area (TPSA) is 70.6 Å². The third-order valence-electron chi connectivity index (χ3n) is 4.54. The molecule has 2 heterocycles. The van der Waals surface area contributed by atoms with Crippen LogP contribution < -0.4 is 0 Å². The Morgan fingerprint density at radius 2 is 1.85 bits per heavy atom. The number of sulfonamides is 1. The number of rotatable bonds is 5. The molecule has 1 saturated heterocycles. The number of amides is 1. The number of piperidine rings is 1. The van der Waals surface area contributed by atoms with Crippen LogP contribution in [0.15, 0.2) is 53.7 Å². The smallest absolute Gasteiger partial charge is 0.255 e. The largest absolute Gasteiger partial charge is 0.337 e. The van der Waals surface area contributed by atoms with Crippen LogP contribution in [0.25, 0.3) is 0 Å². The molecule has 0 aliphatic carbocycles. The van der Waals surface area contributed by atoms with Crippen LogP contribution in [-0.2, 0) is 16.6 Å². The fourth-order valence-electron chi connectivity index (χ4n) is 3.16. The third-order valence-corrected chi connectivity index (χ3v) is 6.50. The van der Waals surface area contributed by atoms with Crippen LogP contribution in [0.4, 0.5) is 0 Å². The average molecular weight is 373 g/mol. The summed E-state index contributed by atoms with van der Waals surface area (Å²) in [6, 6.07) is 10.2. The number of pyridine rings is 1. The summed E-state index contributed by atoms with van der Waals surface area (Å²) in [5, 5.41) is 0. The highest BCUT2D eigenvalue weighted by Crippen LogP contribution is 2.24. The molecular formula is C19H23N3O3S. The van der Waals surface area contributed by atoms with Crippen molar-refractivity contribution in [2.75, 3.05) is 20.1 Å². The van der Waals surface area contributed by atoms with E-state index in [4.69, 9.17) is 0 Å². The summed E-state index contributed by atoms with van der Waals surface area (Å²) in [5.41, 5.74) is 1.10. The number of carbonyl (C=O) groups excluding carboxylic acids is 1. The van der Waals surface area contributed by atoms with Crippen molar-refractivity contribution < 1.29 is 13.2 Å². The molecule has 7 heteroatoms. The maximum Gasteiger partial charge on any atom is 0.255 e. The standard InChI is InChI=1S/C19H23N3O3S/c1-21(15-16-8-7-11-20-14-16)19(23)17-9-3-4-10-18(17)26(24,25)22-12-5-2-6-13-22/h3-4,7-11,14H,2,5-6,12-13,15H2,1H3. The van der Waals surface area contributed by atoms with Gasteiger partial charge in [0.15, 0.2) is 0 Å². The van der Waals surface area contributed by atoms with E-state index in [1.165, 1.54) is 15.3 Å². The summed E-state index contributed by atoms with van der Waals surface area (Å²) in [6.45, 7) is 1.39. The lowest BCUT2D eigenvalue weighted by Crippen LogP contribution is -2.37. The molecule has 1 aliphatic rings. The lowest BCUT2D eigenvalue weighted by atomic mass is 10.2. The normalized spacial score (nSPS) is 15.6. The van der Waals surface area contributed by atoms with Crippen molar-refractivity contribution in [3.05, 3.63) is 59.9 Å². The number of hydrogen-bond acceptors (Lipinski definition) is 4. The van der Waals surface area contributed by atoms with Crippen LogP contribution >= 0.6 is 0 Å². The van der Waals surface area contributed by atoms with Gasteiger partial charge in [0.2, 0.25) is 10.0 Å². The highest BCUT2D eigenvalue weighted by atomic mass is 32.2. The van der Waals surface area contributed by atoms with Crippen molar-refractivity contribution in [2.45, 2.75) is 30.7 Å². The SMILES string of the molecule is CN(Cc1cccnc1)C(=O)c1ccccc1S(=O)(=O)N1CCCCC1. The molecule has 6 nitrogen and oxygen atoms in total. The summed E-state index contributed by atoms with van der Waals surface area (Å²) >= 11 is 0. The molecule has 0 N–H and O–H groups in total. The van der Waals surface area contributed by atoms with E-state index in [1.807, 2.05) is 12.1 Å². The lowest BCUT2D eigenvalue weighted by Gasteiger charge is -2.27. The number of aromatic nitrogens is 1. The quantitative estimate of drug-likeness (QED) is 0.807. The number of carbonyl (C=O) groups is 1. The van der Waals surface area contributed by atoms with E-state index in [2.05, 4.69) is 4.98 Å². The molecule has 0 atom stereocenters. The van der Waals surface area contributed by atoms with Crippen molar-refractivity contribution >= 4 is 15.9 Å². The van der Waals surface area contributed by atoms with Crippen molar-refractivity contribution in [3.8, 4) is 0 Å². The first-order valence-electron chi connectivity index (χ1n) is 8.73. The molecule has 3 rings (SSSR count). The molecule has 2 aromatic rings. The molecule has 1 aromatic carbocycles. The second-order valence-corrected chi connectivity index (χ2v) is 8.39. The number of hydrogen-bond donors (Lipinski definition) is 0. The Hall–Kier alpha value is -2.25. The number of nitrogens with zero attached hydrogens (tertiary/aromatic N) is 3. The minimum atomic E-state index is -3.67. The third kappa shape index (κ3) is 3.94. The molecule has 26 heavy (non-hydrogen) atoms. The Morgan fingerprint density at radius 1 is 1.12 bits per heavy atom. The number of benzene rings is 1. The van der Waals surface area contributed by atoms with Gasteiger partial charge in [0.25, 0.3) is 5.91 Å². The summed E-state index contributed by atoms with van der Waals surface area (Å²) in [4.78, 5) is 18.6. The molecule has 0 radical (unpaired) electrons. The first kappa shape index (κ1) is 18.5. The van der Waals surface area contributed by atoms with Gasteiger partial charge < -0.3 is 4.90 Å². The zero-order chi connectivity index (χ0) is 18.6. The second kappa shape index (κ2) is 7.97. The summed E-state index contributed by atoms with van der Waals surface area (Å²) in [6.07, 6.45) is 6.12. The van der Waals surface area contributed by atoms with Crippen LogP contribution in [0.3, 0.4) is 0 Å². The van der Waals surface area contributed by atoms with E-state index in [0.29, 0.717) is 19.6 Å². The van der Waals surface area contributed by atoms with E-state index < -0.39 is 10.0 Å². The van der Waals surface area contributed by atoms with Crippen LogP contribution in [0.1, 0.15) is 35.2 Å². The van der Waals surface area contributed by atoms with Crippen LogP contribution in [0.2, 0.25) is 0 Å². The highest BCUT2D eigenvalue weighted by molar-refractivity contribution is 7.89. The fourth-order valence-corrected chi connectivity index (χ4v) is 4.86.